The summed E-state index contributed by atoms with van der Waals surface area (Å²) in [6.07, 6.45) is 4.98. The lowest BCUT2D eigenvalue weighted by Crippen LogP contribution is -2.30. The average molecular weight is 340 g/mol. The maximum Gasteiger partial charge on any atom is 0.152 e. The van der Waals surface area contributed by atoms with E-state index in [1.165, 1.54) is 0 Å². The quantitative estimate of drug-likeness (QED) is 0.720. The van der Waals surface area contributed by atoms with E-state index in [1.54, 1.807) is 0 Å². The van der Waals surface area contributed by atoms with Gasteiger partial charge in [-0.15, -0.1) is 10.2 Å². The summed E-state index contributed by atoms with van der Waals surface area (Å²) < 4.78 is 8.00. The average Bonchev–Trinajstić information content (AvgIpc) is 3.33. The smallest absolute Gasteiger partial charge is 0.152 e. The number of aromatic nitrogens is 5. The number of hydrogen-bond acceptors (Lipinski definition) is 5. The summed E-state index contributed by atoms with van der Waals surface area (Å²) >= 11 is 0. The zero-order valence-electron chi connectivity index (χ0n) is 14.7. The van der Waals surface area contributed by atoms with Crippen LogP contribution < -0.4 is 5.32 Å². The van der Waals surface area contributed by atoms with Crippen LogP contribution in [0.1, 0.15) is 36.3 Å². The summed E-state index contributed by atoms with van der Waals surface area (Å²) in [5.41, 5.74) is 2.09. The fourth-order valence-corrected chi connectivity index (χ4v) is 3.52. The van der Waals surface area contributed by atoms with E-state index in [-0.39, 0.29) is 0 Å². The Morgan fingerprint density at radius 3 is 3.08 bits per heavy atom. The molecule has 0 aromatic carbocycles. The van der Waals surface area contributed by atoms with Gasteiger partial charge in [-0.25, -0.2) is 0 Å². The molecular weight excluding hydrogens is 316 g/mol. The van der Waals surface area contributed by atoms with Gasteiger partial charge in [0.25, 0.3) is 0 Å². The fraction of sp³-hybridized carbons (Fsp3) is 0.500. The molecule has 1 aliphatic rings. The highest BCUT2D eigenvalue weighted by Crippen LogP contribution is 2.24. The number of nitrogens with zero attached hydrogens (tertiary/aromatic N) is 4. The predicted octanol–water partition coefficient (Wildman–Crippen LogP) is 2.48. The minimum atomic E-state index is 0.606. The van der Waals surface area contributed by atoms with Crippen molar-refractivity contribution in [3.63, 3.8) is 0 Å². The Morgan fingerprint density at radius 2 is 2.28 bits per heavy atom. The molecule has 0 fully saturated rings. The summed E-state index contributed by atoms with van der Waals surface area (Å²) in [4.78, 5) is 0. The fourth-order valence-electron chi connectivity index (χ4n) is 3.52. The number of rotatable bonds is 6. The van der Waals surface area contributed by atoms with Gasteiger partial charge in [0.15, 0.2) is 5.76 Å². The van der Waals surface area contributed by atoms with Crippen molar-refractivity contribution in [2.45, 2.75) is 46.2 Å². The molecule has 1 atom stereocenters. The highest BCUT2D eigenvalue weighted by molar-refractivity contribution is 5.56. The highest BCUT2D eigenvalue weighted by Gasteiger charge is 2.22. The van der Waals surface area contributed by atoms with Gasteiger partial charge in [0, 0.05) is 31.5 Å². The molecule has 7 heteroatoms. The third-order valence-electron chi connectivity index (χ3n) is 4.89. The molecular formula is C18H24N6O. The van der Waals surface area contributed by atoms with Gasteiger partial charge in [-0.2, -0.15) is 5.10 Å². The molecule has 0 spiro atoms. The molecule has 0 saturated carbocycles. The van der Waals surface area contributed by atoms with Crippen molar-refractivity contribution in [1.29, 1.82) is 0 Å². The van der Waals surface area contributed by atoms with Crippen LogP contribution in [-0.4, -0.2) is 31.5 Å². The van der Waals surface area contributed by atoms with Crippen LogP contribution in [0.4, 0.5) is 0 Å². The van der Waals surface area contributed by atoms with E-state index in [9.17, 15) is 0 Å². The normalized spacial score (nSPS) is 17.0. The van der Waals surface area contributed by atoms with E-state index in [1.807, 2.05) is 25.3 Å². The molecule has 7 nitrogen and oxygen atoms in total. The van der Waals surface area contributed by atoms with Gasteiger partial charge in [0.1, 0.15) is 23.1 Å². The third kappa shape index (κ3) is 3.24. The summed E-state index contributed by atoms with van der Waals surface area (Å²) in [5.74, 6) is 4.59. The molecule has 1 unspecified atom stereocenters. The molecule has 1 aliphatic heterocycles. The van der Waals surface area contributed by atoms with Crippen LogP contribution >= 0.6 is 0 Å². The first kappa shape index (κ1) is 16.1. The third-order valence-corrected chi connectivity index (χ3v) is 4.89. The standard InChI is InChI=1S/C18H24N6O/c1-3-16-21-22-17-7-5-13(11-24(16)17)8-19-9-14-10-20-23-18(14)15-6-4-12(2)25-15/h4,6,10,13,19H,3,5,7-9,11H2,1-2H3,(H,20,23). The number of fused-ring (bicyclic) bond motifs is 1. The Hall–Kier alpha value is -2.41. The monoisotopic (exact) mass is 340 g/mol. The lowest BCUT2D eigenvalue weighted by Gasteiger charge is -2.24. The van der Waals surface area contributed by atoms with Gasteiger partial charge < -0.3 is 14.3 Å². The predicted molar refractivity (Wildman–Crippen MR) is 93.9 cm³/mol. The largest absolute Gasteiger partial charge is 0.460 e. The summed E-state index contributed by atoms with van der Waals surface area (Å²) in [6.45, 7) is 6.84. The number of aromatic amines is 1. The number of hydrogen-bond donors (Lipinski definition) is 2. The minimum absolute atomic E-state index is 0.606. The van der Waals surface area contributed by atoms with Crippen LogP contribution in [0.25, 0.3) is 11.5 Å². The van der Waals surface area contributed by atoms with Gasteiger partial charge in [0.2, 0.25) is 0 Å². The molecule has 132 valence electrons. The van der Waals surface area contributed by atoms with Gasteiger partial charge in [-0.3, -0.25) is 5.10 Å². The summed E-state index contributed by atoms with van der Waals surface area (Å²) in [5, 5.41) is 19.4. The molecule has 3 aromatic rings. The second-order valence-corrected chi connectivity index (χ2v) is 6.71. The molecule has 0 aliphatic carbocycles. The Kier molecular flexibility index (Phi) is 4.40. The van der Waals surface area contributed by atoms with Crippen LogP contribution in [-0.2, 0) is 25.9 Å². The first-order valence-electron chi connectivity index (χ1n) is 8.95. The number of H-pyrrole nitrogens is 1. The van der Waals surface area contributed by atoms with Gasteiger partial charge >= 0.3 is 0 Å². The molecule has 2 N–H and O–H groups in total. The molecule has 0 radical (unpaired) electrons. The molecule has 4 heterocycles. The van der Waals surface area contributed by atoms with Crippen molar-refractivity contribution < 1.29 is 4.42 Å². The Labute approximate surface area is 146 Å². The maximum atomic E-state index is 5.70. The Bertz CT molecular complexity index is 832. The topological polar surface area (TPSA) is 84.6 Å². The first-order valence-corrected chi connectivity index (χ1v) is 8.95. The summed E-state index contributed by atoms with van der Waals surface area (Å²) in [6, 6.07) is 3.95. The van der Waals surface area contributed by atoms with Crippen LogP contribution in [0, 0.1) is 12.8 Å². The number of furan rings is 1. The van der Waals surface area contributed by atoms with Crippen molar-refractivity contribution in [2.75, 3.05) is 6.54 Å². The Balaban J connectivity index is 1.35. The van der Waals surface area contributed by atoms with Crippen molar-refractivity contribution in [1.82, 2.24) is 30.3 Å². The van der Waals surface area contributed by atoms with Crippen LogP contribution in [0.3, 0.4) is 0 Å². The van der Waals surface area contributed by atoms with E-state index in [4.69, 9.17) is 4.42 Å². The lowest BCUT2D eigenvalue weighted by atomic mass is 9.99. The van der Waals surface area contributed by atoms with E-state index in [0.717, 1.165) is 73.3 Å². The zero-order chi connectivity index (χ0) is 17.2. The second kappa shape index (κ2) is 6.84. The number of aryl methyl sites for hydroxylation is 3. The molecule has 25 heavy (non-hydrogen) atoms. The van der Waals surface area contributed by atoms with E-state index < -0.39 is 0 Å². The first-order chi connectivity index (χ1) is 12.2. The van der Waals surface area contributed by atoms with E-state index in [0.29, 0.717) is 5.92 Å². The zero-order valence-corrected chi connectivity index (χ0v) is 14.7. The SMILES string of the molecule is CCc1nnc2n1CC(CNCc1cn[nH]c1-c1ccc(C)o1)CC2. The Morgan fingerprint density at radius 1 is 1.36 bits per heavy atom. The molecule has 3 aromatic heterocycles. The van der Waals surface area contributed by atoms with E-state index in [2.05, 4.69) is 37.2 Å². The molecule has 4 rings (SSSR count). The van der Waals surface area contributed by atoms with Crippen LogP contribution in [0.15, 0.2) is 22.7 Å². The highest BCUT2D eigenvalue weighted by atomic mass is 16.3. The second-order valence-electron chi connectivity index (χ2n) is 6.71. The van der Waals surface area contributed by atoms with Crippen LogP contribution in [0.5, 0.6) is 0 Å². The maximum absolute atomic E-state index is 5.70. The van der Waals surface area contributed by atoms with E-state index >= 15 is 0 Å². The van der Waals surface area contributed by atoms with Gasteiger partial charge in [-0.05, 0) is 37.9 Å². The molecule has 0 amide bonds. The van der Waals surface area contributed by atoms with Crippen molar-refractivity contribution >= 4 is 0 Å². The van der Waals surface area contributed by atoms with Crippen molar-refractivity contribution in [2.24, 2.45) is 5.92 Å². The number of nitrogens with one attached hydrogen (secondary N) is 2. The van der Waals surface area contributed by atoms with Crippen LogP contribution in [0.2, 0.25) is 0 Å². The van der Waals surface area contributed by atoms with Gasteiger partial charge in [-0.1, -0.05) is 6.92 Å². The van der Waals surface area contributed by atoms with Crippen molar-refractivity contribution in [3.8, 4) is 11.5 Å². The minimum Gasteiger partial charge on any atom is -0.460 e. The van der Waals surface area contributed by atoms with Crippen molar-refractivity contribution in [3.05, 3.63) is 41.3 Å². The molecule has 0 bridgehead atoms. The van der Waals surface area contributed by atoms with Gasteiger partial charge in [0.05, 0.1) is 6.20 Å². The summed E-state index contributed by atoms with van der Waals surface area (Å²) in [7, 11) is 0. The lowest BCUT2D eigenvalue weighted by molar-refractivity contribution is 0.342. The molecule has 0 saturated heterocycles.